The number of hydrogen-bond acceptors (Lipinski definition) is 4. The smallest absolute Gasteiger partial charge is 0.320 e. The topological polar surface area (TPSA) is 52.6 Å². The Labute approximate surface area is 70.8 Å². The number of rotatable bonds is 0. The maximum Gasteiger partial charge on any atom is 0.320 e. The summed E-state index contributed by atoms with van der Waals surface area (Å²) >= 11 is 0. The Morgan fingerprint density at radius 2 is 1.58 bits per heavy atom. The molecule has 0 bridgehead atoms. The van der Waals surface area contributed by atoms with Crippen LogP contribution in [-0.2, 0) is 19.1 Å². The predicted molar refractivity (Wildman–Crippen MR) is 40.0 cm³/mol. The van der Waals surface area contributed by atoms with Gasteiger partial charge in [0.1, 0.15) is 6.42 Å². The maximum atomic E-state index is 10.8. The number of cyclic esters (lactones) is 2. The van der Waals surface area contributed by atoms with Crippen molar-refractivity contribution in [2.24, 2.45) is 5.41 Å². The van der Waals surface area contributed by atoms with Crippen molar-refractivity contribution < 1.29 is 19.1 Å². The summed E-state index contributed by atoms with van der Waals surface area (Å²) in [4.78, 5) is 21.6. The minimum absolute atomic E-state index is 0.271. The molecule has 0 N–H and O–H groups in total. The monoisotopic (exact) mass is 172 g/mol. The van der Waals surface area contributed by atoms with E-state index in [4.69, 9.17) is 9.47 Å². The Morgan fingerprint density at radius 1 is 1.17 bits per heavy atom. The summed E-state index contributed by atoms with van der Waals surface area (Å²) in [6.45, 7) is 5.51. The molecular formula is C8H12O4. The number of ether oxygens (including phenoxy) is 2. The van der Waals surface area contributed by atoms with E-state index in [1.165, 1.54) is 0 Å². The molecule has 0 aromatic heterocycles. The molecule has 0 unspecified atom stereocenters. The van der Waals surface area contributed by atoms with Gasteiger partial charge in [-0.1, -0.05) is 20.8 Å². The van der Waals surface area contributed by atoms with Crippen LogP contribution in [0.2, 0.25) is 0 Å². The van der Waals surface area contributed by atoms with E-state index in [0.717, 1.165) is 0 Å². The van der Waals surface area contributed by atoms with E-state index in [1.807, 2.05) is 20.8 Å². The van der Waals surface area contributed by atoms with Gasteiger partial charge >= 0.3 is 11.9 Å². The van der Waals surface area contributed by atoms with Gasteiger partial charge in [-0.2, -0.15) is 0 Å². The van der Waals surface area contributed by atoms with Crippen LogP contribution in [0.1, 0.15) is 27.2 Å². The number of carbonyl (C=O) groups excluding carboxylic acids is 2. The third kappa shape index (κ3) is 1.96. The Bertz CT molecular complexity index is 198. The van der Waals surface area contributed by atoms with Crippen LogP contribution < -0.4 is 0 Å². The van der Waals surface area contributed by atoms with Gasteiger partial charge in [0.2, 0.25) is 0 Å². The molecule has 1 rings (SSSR count). The van der Waals surface area contributed by atoms with Gasteiger partial charge in [0.25, 0.3) is 6.29 Å². The first-order valence-electron chi connectivity index (χ1n) is 3.78. The summed E-state index contributed by atoms with van der Waals surface area (Å²) in [6, 6.07) is 0. The lowest BCUT2D eigenvalue weighted by Crippen LogP contribution is -2.40. The fourth-order valence-corrected chi connectivity index (χ4v) is 0.818. The molecular weight excluding hydrogens is 160 g/mol. The zero-order chi connectivity index (χ0) is 9.35. The number of carbonyl (C=O) groups is 2. The number of esters is 2. The molecule has 1 aliphatic heterocycles. The second-order valence-corrected chi connectivity index (χ2v) is 3.85. The lowest BCUT2D eigenvalue weighted by Gasteiger charge is -2.31. The second kappa shape index (κ2) is 2.77. The Kier molecular flexibility index (Phi) is 2.08. The Balaban J connectivity index is 2.68. The van der Waals surface area contributed by atoms with E-state index in [1.54, 1.807) is 0 Å². The number of hydrogen-bond donors (Lipinski definition) is 0. The van der Waals surface area contributed by atoms with Gasteiger partial charge in [0.05, 0.1) is 0 Å². The molecule has 12 heavy (non-hydrogen) atoms. The predicted octanol–water partition coefficient (Wildman–Crippen LogP) is 0.849. The molecule has 1 saturated heterocycles. The average Bonchev–Trinajstić information content (AvgIpc) is 1.82. The first-order valence-corrected chi connectivity index (χ1v) is 3.78. The average molecular weight is 172 g/mol. The van der Waals surface area contributed by atoms with E-state index >= 15 is 0 Å². The molecule has 4 nitrogen and oxygen atoms in total. The molecule has 0 radical (unpaired) electrons. The summed E-state index contributed by atoms with van der Waals surface area (Å²) in [5, 5.41) is 0. The zero-order valence-electron chi connectivity index (χ0n) is 7.42. The first kappa shape index (κ1) is 9.03. The lowest BCUT2D eigenvalue weighted by atomic mass is 9.95. The molecule has 0 aliphatic carbocycles. The van der Waals surface area contributed by atoms with Gasteiger partial charge < -0.3 is 9.47 Å². The molecule has 4 heteroatoms. The SMILES string of the molecule is CC(C)(C)C1OC(=O)CC(=O)O1. The summed E-state index contributed by atoms with van der Waals surface area (Å²) < 4.78 is 9.68. The van der Waals surface area contributed by atoms with Crippen molar-refractivity contribution in [3.63, 3.8) is 0 Å². The van der Waals surface area contributed by atoms with Gasteiger partial charge in [-0.15, -0.1) is 0 Å². The molecule has 1 fully saturated rings. The fourth-order valence-electron chi connectivity index (χ4n) is 0.818. The summed E-state index contributed by atoms with van der Waals surface area (Å²) in [6.07, 6.45) is -1.02. The van der Waals surface area contributed by atoms with Crippen LogP contribution in [0.15, 0.2) is 0 Å². The zero-order valence-corrected chi connectivity index (χ0v) is 7.42. The highest BCUT2D eigenvalue weighted by Crippen LogP contribution is 2.26. The van der Waals surface area contributed by atoms with E-state index in [0.29, 0.717) is 0 Å². The molecule has 1 heterocycles. The Morgan fingerprint density at radius 3 is 1.92 bits per heavy atom. The maximum absolute atomic E-state index is 10.8. The van der Waals surface area contributed by atoms with Crippen molar-refractivity contribution in [1.82, 2.24) is 0 Å². The summed E-state index contributed by atoms with van der Waals surface area (Å²) in [7, 11) is 0. The highest BCUT2D eigenvalue weighted by atomic mass is 16.7. The van der Waals surface area contributed by atoms with Crippen LogP contribution in [0.25, 0.3) is 0 Å². The fraction of sp³-hybridized carbons (Fsp3) is 0.750. The van der Waals surface area contributed by atoms with Crippen molar-refractivity contribution in [1.29, 1.82) is 0 Å². The first-order chi connectivity index (χ1) is 5.39. The molecule has 0 amide bonds. The quantitative estimate of drug-likeness (QED) is 0.401. The molecule has 0 aromatic rings. The summed E-state index contributed by atoms with van der Waals surface area (Å²) in [5.41, 5.74) is -0.355. The van der Waals surface area contributed by atoms with E-state index in [9.17, 15) is 9.59 Å². The van der Waals surface area contributed by atoms with Crippen molar-refractivity contribution >= 4 is 11.9 Å². The van der Waals surface area contributed by atoms with Gasteiger partial charge in [-0.05, 0) is 0 Å². The minimum Gasteiger partial charge on any atom is -0.424 e. The van der Waals surface area contributed by atoms with Crippen LogP contribution in [0.4, 0.5) is 0 Å². The van der Waals surface area contributed by atoms with Crippen LogP contribution in [-0.4, -0.2) is 18.2 Å². The van der Waals surface area contributed by atoms with E-state index in [2.05, 4.69) is 0 Å². The van der Waals surface area contributed by atoms with Gasteiger partial charge in [-0.3, -0.25) is 9.59 Å². The molecule has 0 atom stereocenters. The van der Waals surface area contributed by atoms with Crippen molar-refractivity contribution in [2.45, 2.75) is 33.5 Å². The molecule has 0 spiro atoms. The summed E-state index contributed by atoms with van der Waals surface area (Å²) in [5.74, 6) is -1.02. The van der Waals surface area contributed by atoms with Crippen molar-refractivity contribution in [3.8, 4) is 0 Å². The molecule has 68 valence electrons. The lowest BCUT2D eigenvalue weighted by molar-refractivity contribution is -0.222. The van der Waals surface area contributed by atoms with Crippen molar-refractivity contribution in [3.05, 3.63) is 0 Å². The third-order valence-electron chi connectivity index (χ3n) is 1.47. The van der Waals surface area contributed by atoms with Gasteiger partial charge in [0.15, 0.2) is 0 Å². The Hall–Kier alpha value is -1.06. The minimum atomic E-state index is -0.744. The van der Waals surface area contributed by atoms with E-state index < -0.39 is 18.2 Å². The van der Waals surface area contributed by atoms with Crippen molar-refractivity contribution in [2.75, 3.05) is 0 Å². The standard InChI is InChI=1S/C8H12O4/c1-8(2,3)7-11-5(9)4-6(10)12-7/h7H,4H2,1-3H3. The van der Waals surface area contributed by atoms with E-state index in [-0.39, 0.29) is 11.8 Å². The van der Waals surface area contributed by atoms with Gasteiger partial charge in [0, 0.05) is 5.41 Å². The molecule has 0 saturated carbocycles. The van der Waals surface area contributed by atoms with Crippen LogP contribution >= 0.6 is 0 Å². The highest BCUT2D eigenvalue weighted by molar-refractivity contribution is 5.92. The second-order valence-electron chi connectivity index (χ2n) is 3.85. The molecule has 1 aliphatic rings. The van der Waals surface area contributed by atoms with Crippen LogP contribution in [0.3, 0.4) is 0 Å². The third-order valence-corrected chi connectivity index (χ3v) is 1.47. The largest absolute Gasteiger partial charge is 0.424 e. The highest BCUT2D eigenvalue weighted by Gasteiger charge is 2.36. The normalized spacial score (nSPS) is 20.2. The molecule has 0 aromatic carbocycles. The van der Waals surface area contributed by atoms with Crippen LogP contribution in [0.5, 0.6) is 0 Å². The van der Waals surface area contributed by atoms with Gasteiger partial charge in [-0.25, -0.2) is 0 Å². The van der Waals surface area contributed by atoms with Crippen LogP contribution in [0, 0.1) is 5.41 Å².